The average molecular weight is 237 g/mol. The number of hydrogen-bond donors (Lipinski definition) is 2. The van der Waals surface area contributed by atoms with E-state index in [1.165, 1.54) is 0 Å². The monoisotopic (exact) mass is 237 g/mol. The summed E-state index contributed by atoms with van der Waals surface area (Å²) in [7, 11) is 0. The zero-order chi connectivity index (χ0) is 12.3. The number of ether oxygens (including phenoxy) is 1. The summed E-state index contributed by atoms with van der Waals surface area (Å²) in [6.45, 7) is 5.38. The molecule has 96 valence electrons. The summed E-state index contributed by atoms with van der Waals surface area (Å²) in [5.41, 5.74) is 0.989. The minimum absolute atomic E-state index is 0.365. The van der Waals surface area contributed by atoms with Gasteiger partial charge in [-0.25, -0.2) is 0 Å². The third-order valence-electron chi connectivity index (χ3n) is 2.63. The van der Waals surface area contributed by atoms with Gasteiger partial charge < -0.3 is 15.2 Å². The Morgan fingerprint density at radius 2 is 2.00 bits per heavy atom. The molecule has 0 saturated heterocycles. The van der Waals surface area contributed by atoms with Gasteiger partial charge >= 0.3 is 0 Å². The van der Waals surface area contributed by atoms with E-state index in [-0.39, 0.29) is 6.10 Å². The van der Waals surface area contributed by atoms with Gasteiger partial charge in [-0.1, -0.05) is 30.3 Å². The highest BCUT2D eigenvalue weighted by Crippen LogP contribution is 2.14. The Labute approximate surface area is 104 Å². The molecule has 0 heterocycles. The van der Waals surface area contributed by atoms with E-state index >= 15 is 0 Å². The van der Waals surface area contributed by atoms with Crippen molar-refractivity contribution in [3.05, 3.63) is 35.9 Å². The summed E-state index contributed by atoms with van der Waals surface area (Å²) in [5.74, 6) is 0. The second-order valence-corrected chi connectivity index (χ2v) is 4.02. The molecular weight excluding hydrogens is 214 g/mol. The average Bonchev–Trinajstić information content (AvgIpc) is 2.38. The number of benzene rings is 1. The lowest BCUT2D eigenvalue weighted by Gasteiger charge is -2.11. The third kappa shape index (κ3) is 6.41. The first-order chi connectivity index (χ1) is 8.34. The predicted molar refractivity (Wildman–Crippen MR) is 70.0 cm³/mol. The summed E-state index contributed by atoms with van der Waals surface area (Å²) in [5, 5.41) is 13.2. The van der Waals surface area contributed by atoms with Crippen LogP contribution in [0.5, 0.6) is 0 Å². The SMILES string of the molecule is CCOCCCNCC[C@@H](O)c1ccccc1. The maximum absolute atomic E-state index is 9.90. The molecule has 17 heavy (non-hydrogen) atoms. The van der Waals surface area contributed by atoms with Crippen LogP contribution in [-0.2, 0) is 4.74 Å². The number of hydrogen-bond acceptors (Lipinski definition) is 3. The zero-order valence-electron chi connectivity index (χ0n) is 10.6. The normalized spacial score (nSPS) is 12.6. The van der Waals surface area contributed by atoms with Crippen LogP contribution in [0.3, 0.4) is 0 Å². The van der Waals surface area contributed by atoms with Gasteiger partial charge in [-0.2, -0.15) is 0 Å². The Morgan fingerprint density at radius 1 is 1.24 bits per heavy atom. The zero-order valence-corrected chi connectivity index (χ0v) is 10.6. The van der Waals surface area contributed by atoms with Crippen molar-refractivity contribution in [1.29, 1.82) is 0 Å². The molecule has 0 spiro atoms. The van der Waals surface area contributed by atoms with Gasteiger partial charge in [0.1, 0.15) is 0 Å². The fourth-order valence-corrected chi connectivity index (χ4v) is 1.65. The molecule has 0 aromatic heterocycles. The smallest absolute Gasteiger partial charge is 0.0802 e. The van der Waals surface area contributed by atoms with E-state index in [0.29, 0.717) is 0 Å². The molecule has 0 aliphatic rings. The first kappa shape index (κ1) is 14.2. The molecule has 0 aliphatic heterocycles. The van der Waals surface area contributed by atoms with Crippen molar-refractivity contribution < 1.29 is 9.84 Å². The molecule has 0 bridgehead atoms. The highest BCUT2D eigenvalue weighted by molar-refractivity contribution is 5.17. The van der Waals surface area contributed by atoms with Crippen molar-refractivity contribution in [1.82, 2.24) is 5.32 Å². The molecule has 0 unspecified atom stereocenters. The lowest BCUT2D eigenvalue weighted by atomic mass is 10.1. The summed E-state index contributed by atoms with van der Waals surface area (Å²) >= 11 is 0. The summed E-state index contributed by atoms with van der Waals surface area (Å²) in [6.07, 6.45) is 1.41. The summed E-state index contributed by atoms with van der Waals surface area (Å²) in [6, 6.07) is 9.78. The number of aliphatic hydroxyl groups is 1. The largest absolute Gasteiger partial charge is 0.388 e. The molecule has 0 aliphatic carbocycles. The van der Waals surface area contributed by atoms with Crippen molar-refractivity contribution in [2.45, 2.75) is 25.9 Å². The summed E-state index contributed by atoms with van der Waals surface area (Å²) < 4.78 is 5.24. The van der Waals surface area contributed by atoms with E-state index in [1.807, 2.05) is 37.3 Å². The van der Waals surface area contributed by atoms with Crippen molar-refractivity contribution >= 4 is 0 Å². The Balaban J connectivity index is 2.03. The lowest BCUT2D eigenvalue weighted by Crippen LogP contribution is -2.20. The van der Waals surface area contributed by atoms with Crippen molar-refractivity contribution in [2.75, 3.05) is 26.3 Å². The summed E-state index contributed by atoms with van der Waals surface area (Å²) in [4.78, 5) is 0. The maximum atomic E-state index is 9.90. The van der Waals surface area contributed by atoms with Gasteiger partial charge in [0.05, 0.1) is 6.10 Å². The van der Waals surface area contributed by atoms with E-state index in [4.69, 9.17) is 4.74 Å². The Hall–Kier alpha value is -0.900. The Kier molecular flexibility index (Phi) is 7.63. The minimum Gasteiger partial charge on any atom is -0.388 e. The molecule has 3 nitrogen and oxygen atoms in total. The van der Waals surface area contributed by atoms with Crippen LogP contribution < -0.4 is 5.32 Å². The fourth-order valence-electron chi connectivity index (χ4n) is 1.65. The van der Waals surface area contributed by atoms with Crippen LogP contribution in [-0.4, -0.2) is 31.4 Å². The Bertz CT molecular complexity index is 277. The fraction of sp³-hybridized carbons (Fsp3) is 0.571. The molecule has 2 N–H and O–H groups in total. The van der Waals surface area contributed by atoms with Crippen LogP contribution >= 0.6 is 0 Å². The van der Waals surface area contributed by atoms with Crippen molar-refractivity contribution in [2.24, 2.45) is 0 Å². The number of aliphatic hydroxyl groups excluding tert-OH is 1. The lowest BCUT2D eigenvalue weighted by molar-refractivity contribution is 0.143. The molecule has 0 fully saturated rings. The maximum Gasteiger partial charge on any atom is 0.0802 e. The van der Waals surface area contributed by atoms with E-state index in [9.17, 15) is 5.11 Å². The third-order valence-corrected chi connectivity index (χ3v) is 2.63. The number of rotatable bonds is 9. The minimum atomic E-state index is -0.365. The van der Waals surface area contributed by atoms with Crippen molar-refractivity contribution in [3.8, 4) is 0 Å². The predicted octanol–water partition coefficient (Wildman–Crippen LogP) is 2.13. The molecule has 3 heteroatoms. The molecular formula is C14H23NO2. The van der Waals surface area contributed by atoms with Crippen LogP contribution in [0.1, 0.15) is 31.4 Å². The van der Waals surface area contributed by atoms with Gasteiger partial charge in [-0.15, -0.1) is 0 Å². The van der Waals surface area contributed by atoms with Crippen molar-refractivity contribution in [3.63, 3.8) is 0 Å². The van der Waals surface area contributed by atoms with E-state index in [2.05, 4.69) is 5.32 Å². The van der Waals surface area contributed by atoms with Crippen LogP contribution in [0.4, 0.5) is 0 Å². The van der Waals surface area contributed by atoms with Gasteiger partial charge in [0.2, 0.25) is 0 Å². The van der Waals surface area contributed by atoms with E-state index in [1.54, 1.807) is 0 Å². The second kappa shape index (κ2) is 9.16. The number of nitrogens with one attached hydrogen (secondary N) is 1. The standard InChI is InChI=1S/C14H23NO2/c1-2-17-12-6-10-15-11-9-14(16)13-7-4-3-5-8-13/h3-5,7-8,14-16H,2,6,9-12H2,1H3/t14-/m1/s1. The molecule has 0 saturated carbocycles. The first-order valence-electron chi connectivity index (χ1n) is 6.36. The molecule has 0 amide bonds. The molecule has 1 atom stereocenters. The van der Waals surface area contributed by atoms with Gasteiger partial charge in [0, 0.05) is 13.2 Å². The van der Waals surface area contributed by atoms with Gasteiger partial charge in [0.15, 0.2) is 0 Å². The molecule has 1 rings (SSSR count). The Morgan fingerprint density at radius 3 is 2.71 bits per heavy atom. The van der Waals surface area contributed by atoms with Gasteiger partial charge in [-0.3, -0.25) is 0 Å². The van der Waals surface area contributed by atoms with E-state index < -0.39 is 0 Å². The van der Waals surface area contributed by atoms with Crippen LogP contribution in [0.2, 0.25) is 0 Å². The molecule has 1 aromatic carbocycles. The second-order valence-electron chi connectivity index (χ2n) is 4.02. The van der Waals surface area contributed by atoms with Crippen LogP contribution in [0, 0.1) is 0 Å². The van der Waals surface area contributed by atoms with Crippen LogP contribution in [0.25, 0.3) is 0 Å². The first-order valence-corrected chi connectivity index (χ1v) is 6.36. The van der Waals surface area contributed by atoms with Gasteiger partial charge in [-0.05, 0) is 38.4 Å². The molecule has 1 aromatic rings. The molecule has 0 radical (unpaired) electrons. The van der Waals surface area contributed by atoms with E-state index in [0.717, 1.165) is 44.7 Å². The van der Waals surface area contributed by atoms with Crippen LogP contribution in [0.15, 0.2) is 30.3 Å². The highest BCUT2D eigenvalue weighted by atomic mass is 16.5. The highest BCUT2D eigenvalue weighted by Gasteiger charge is 2.05. The van der Waals surface area contributed by atoms with Gasteiger partial charge in [0.25, 0.3) is 0 Å². The topological polar surface area (TPSA) is 41.5 Å². The quantitative estimate of drug-likeness (QED) is 0.646.